The number of carbonyl (C=O) groups is 2. The van der Waals surface area contributed by atoms with Gasteiger partial charge in [0.25, 0.3) is 17.5 Å². The lowest BCUT2D eigenvalue weighted by Gasteiger charge is -2.08. The van der Waals surface area contributed by atoms with Gasteiger partial charge in [-0.1, -0.05) is 25.1 Å². The molecule has 2 aromatic rings. The number of hydrazine groups is 1. The number of rotatable bonds is 4. The second-order valence-electron chi connectivity index (χ2n) is 5.22. The second-order valence-corrected chi connectivity index (χ2v) is 5.22. The lowest BCUT2D eigenvalue weighted by molar-refractivity contribution is -0.385. The van der Waals surface area contributed by atoms with E-state index in [0.717, 1.165) is 12.0 Å². The molecule has 2 aromatic carbocycles. The van der Waals surface area contributed by atoms with Crippen LogP contribution in [0.3, 0.4) is 0 Å². The molecule has 0 fully saturated rings. The summed E-state index contributed by atoms with van der Waals surface area (Å²) in [5.41, 5.74) is 6.44. The molecule has 2 N–H and O–H groups in total. The van der Waals surface area contributed by atoms with Crippen molar-refractivity contribution in [1.82, 2.24) is 10.9 Å². The summed E-state index contributed by atoms with van der Waals surface area (Å²) in [6, 6.07) is 11.1. The Balaban J connectivity index is 2.03. The van der Waals surface area contributed by atoms with Crippen molar-refractivity contribution in [1.29, 1.82) is 0 Å². The Morgan fingerprint density at radius 2 is 1.54 bits per heavy atom. The van der Waals surface area contributed by atoms with E-state index in [1.165, 1.54) is 18.2 Å². The largest absolute Gasteiger partial charge is 0.273 e. The maximum atomic E-state index is 12.0. The smallest absolute Gasteiger partial charge is 0.267 e. The van der Waals surface area contributed by atoms with Crippen LogP contribution in [0.4, 0.5) is 5.69 Å². The summed E-state index contributed by atoms with van der Waals surface area (Å²) in [7, 11) is 0. The molecule has 2 amide bonds. The summed E-state index contributed by atoms with van der Waals surface area (Å²) in [5, 5.41) is 10.9. The molecule has 0 saturated carbocycles. The van der Waals surface area contributed by atoms with Crippen molar-refractivity contribution in [2.24, 2.45) is 0 Å². The molecule has 0 aliphatic carbocycles. The summed E-state index contributed by atoms with van der Waals surface area (Å²) >= 11 is 0. The molecular formula is C17H17N3O4. The number of carbonyl (C=O) groups excluding carboxylic acids is 2. The molecule has 0 heterocycles. The van der Waals surface area contributed by atoms with E-state index in [1.54, 1.807) is 19.1 Å². The number of hydrogen-bond acceptors (Lipinski definition) is 4. The molecule has 0 aliphatic rings. The number of benzene rings is 2. The number of nitro groups is 1. The number of nitro benzene ring substituents is 1. The quantitative estimate of drug-likeness (QED) is 0.665. The molecule has 124 valence electrons. The van der Waals surface area contributed by atoms with E-state index in [2.05, 4.69) is 10.9 Å². The topological polar surface area (TPSA) is 101 Å². The second kappa shape index (κ2) is 7.36. The van der Waals surface area contributed by atoms with Crippen LogP contribution >= 0.6 is 0 Å². The molecule has 0 atom stereocenters. The zero-order valence-electron chi connectivity index (χ0n) is 13.3. The number of amides is 2. The van der Waals surface area contributed by atoms with Gasteiger partial charge in [0.15, 0.2) is 0 Å². The third kappa shape index (κ3) is 3.95. The molecule has 0 bridgehead atoms. The SMILES string of the molecule is CCc1ccc(C(=O)NNC(=O)c2ccc(C)c([N+](=O)[O-])c2)cc1. The summed E-state index contributed by atoms with van der Waals surface area (Å²) in [6.07, 6.45) is 0.866. The highest BCUT2D eigenvalue weighted by molar-refractivity contribution is 5.99. The number of nitrogens with zero attached hydrogens (tertiary/aromatic N) is 1. The van der Waals surface area contributed by atoms with Crippen LogP contribution in [0.1, 0.15) is 38.8 Å². The van der Waals surface area contributed by atoms with Gasteiger partial charge in [0.2, 0.25) is 0 Å². The summed E-state index contributed by atoms with van der Waals surface area (Å²) in [6.45, 7) is 3.59. The van der Waals surface area contributed by atoms with E-state index >= 15 is 0 Å². The van der Waals surface area contributed by atoms with Crippen LogP contribution in [0, 0.1) is 17.0 Å². The van der Waals surface area contributed by atoms with E-state index < -0.39 is 16.7 Å². The van der Waals surface area contributed by atoms with E-state index in [0.29, 0.717) is 11.1 Å². The van der Waals surface area contributed by atoms with Gasteiger partial charge in [-0.25, -0.2) is 0 Å². The molecule has 7 heteroatoms. The first-order valence-electron chi connectivity index (χ1n) is 7.37. The van der Waals surface area contributed by atoms with E-state index in [9.17, 15) is 19.7 Å². The normalized spacial score (nSPS) is 10.1. The molecule has 2 rings (SSSR count). The molecule has 0 aromatic heterocycles. The van der Waals surface area contributed by atoms with E-state index in [1.807, 2.05) is 19.1 Å². The molecule has 0 unspecified atom stereocenters. The fourth-order valence-corrected chi connectivity index (χ4v) is 2.10. The molecule has 24 heavy (non-hydrogen) atoms. The molecule has 0 saturated heterocycles. The van der Waals surface area contributed by atoms with Crippen LogP contribution in [-0.4, -0.2) is 16.7 Å². The summed E-state index contributed by atoms with van der Waals surface area (Å²) < 4.78 is 0. The lowest BCUT2D eigenvalue weighted by atomic mass is 10.1. The van der Waals surface area contributed by atoms with Crippen LogP contribution in [-0.2, 0) is 6.42 Å². The predicted molar refractivity (Wildman–Crippen MR) is 88.6 cm³/mol. The van der Waals surface area contributed by atoms with Crippen LogP contribution in [0.2, 0.25) is 0 Å². The van der Waals surface area contributed by atoms with Crippen LogP contribution < -0.4 is 10.9 Å². The lowest BCUT2D eigenvalue weighted by Crippen LogP contribution is -2.41. The third-order valence-electron chi connectivity index (χ3n) is 3.58. The van der Waals surface area contributed by atoms with Gasteiger partial charge in [0.05, 0.1) is 4.92 Å². The Kier molecular flexibility index (Phi) is 5.26. The number of aryl methyl sites for hydroxylation is 2. The fraction of sp³-hybridized carbons (Fsp3) is 0.176. The highest BCUT2D eigenvalue weighted by atomic mass is 16.6. The van der Waals surface area contributed by atoms with Crippen molar-refractivity contribution in [2.75, 3.05) is 0 Å². The van der Waals surface area contributed by atoms with Gasteiger partial charge >= 0.3 is 0 Å². The van der Waals surface area contributed by atoms with Crippen molar-refractivity contribution in [3.05, 3.63) is 74.8 Å². The molecule has 7 nitrogen and oxygen atoms in total. The Labute approximate surface area is 138 Å². The van der Waals surface area contributed by atoms with Gasteiger partial charge in [-0.2, -0.15) is 0 Å². The van der Waals surface area contributed by atoms with Gasteiger partial charge < -0.3 is 0 Å². The van der Waals surface area contributed by atoms with Crippen molar-refractivity contribution in [2.45, 2.75) is 20.3 Å². The Morgan fingerprint density at radius 1 is 1.00 bits per heavy atom. The van der Waals surface area contributed by atoms with Gasteiger partial charge in [-0.05, 0) is 37.1 Å². The first-order valence-corrected chi connectivity index (χ1v) is 7.37. The van der Waals surface area contributed by atoms with Crippen LogP contribution in [0.15, 0.2) is 42.5 Å². The molecule has 0 spiro atoms. The van der Waals surface area contributed by atoms with Crippen molar-refractivity contribution < 1.29 is 14.5 Å². The Bertz CT molecular complexity index is 785. The molecule has 0 aliphatic heterocycles. The summed E-state index contributed by atoms with van der Waals surface area (Å²) in [4.78, 5) is 34.3. The Morgan fingerprint density at radius 3 is 2.08 bits per heavy atom. The average Bonchev–Trinajstić information content (AvgIpc) is 2.59. The first-order chi connectivity index (χ1) is 11.4. The van der Waals surface area contributed by atoms with Crippen LogP contribution in [0.25, 0.3) is 0 Å². The monoisotopic (exact) mass is 327 g/mol. The Hall–Kier alpha value is -3.22. The van der Waals surface area contributed by atoms with Gasteiger partial charge in [-0.3, -0.25) is 30.6 Å². The molecule has 0 radical (unpaired) electrons. The van der Waals surface area contributed by atoms with E-state index in [-0.39, 0.29) is 11.3 Å². The molecular weight excluding hydrogens is 310 g/mol. The summed E-state index contributed by atoms with van der Waals surface area (Å²) in [5.74, 6) is -1.09. The number of nitrogens with one attached hydrogen (secondary N) is 2. The van der Waals surface area contributed by atoms with E-state index in [4.69, 9.17) is 0 Å². The predicted octanol–water partition coefficient (Wildman–Crippen LogP) is 2.54. The van der Waals surface area contributed by atoms with Gasteiger partial charge in [-0.15, -0.1) is 0 Å². The van der Waals surface area contributed by atoms with Crippen molar-refractivity contribution >= 4 is 17.5 Å². The van der Waals surface area contributed by atoms with Crippen molar-refractivity contribution in [3.8, 4) is 0 Å². The van der Waals surface area contributed by atoms with Gasteiger partial charge in [0, 0.05) is 22.8 Å². The van der Waals surface area contributed by atoms with Crippen molar-refractivity contribution in [3.63, 3.8) is 0 Å². The number of hydrogen-bond donors (Lipinski definition) is 2. The highest BCUT2D eigenvalue weighted by Gasteiger charge is 2.15. The maximum absolute atomic E-state index is 12.0. The third-order valence-corrected chi connectivity index (χ3v) is 3.58. The van der Waals surface area contributed by atoms with Gasteiger partial charge in [0.1, 0.15) is 0 Å². The first kappa shape index (κ1) is 17.1. The minimum absolute atomic E-state index is 0.0916. The zero-order valence-corrected chi connectivity index (χ0v) is 13.3. The zero-order chi connectivity index (χ0) is 17.7. The highest BCUT2D eigenvalue weighted by Crippen LogP contribution is 2.19. The minimum atomic E-state index is -0.628. The standard InChI is InChI=1S/C17H17N3O4/c1-3-12-5-8-13(9-6-12)16(21)18-19-17(22)14-7-4-11(2)15(10-14)20(23)24/h4-10H,3H2,1-2H3,(H,18,21)(H,19,22). The minimum Gasteiger partial charge on any atom is -0.267 e. The average molecular weight is 327 g/mol. The van der Waals surface area contributed by atoms with Crippen LogP contribution in [0.5, 0.6) is 0 Å². The fourth-order valence-electron chi connectivity index (χ4n) is 2.10. The maximum Gasteiger partial charge on any atom is 0.273 e.